The lowest BCUT2D eigenvalue weighted by Gasteiger charge is -2.37. The number of nitrogens with one attached hydrogen (secondary N) is 2. The Bertz CT molecular complexity index is 1720. The maximum Gasteiger partial charge on any atom is 0.256 e. The molecule has 2 N–H and O–H groups in total. The molecular weight excluding hydrogens is 653 g/mol. The Labute approximate surface area is 290 Å². The van der Waals surface area contributed by atoms with Crippen molar-refractivity contribution in [1.29, 1.82) is 0 Å². The topological polar surface area (TPSA) is 142 Å². The predicted molar refractivity (Wildman–Crippen MR) is 185 cm³/mol. The summed E-state index contributed by atoms with van der Waals surface area (Å²) >= 11 is 0. The van der Waals surface area contributed by atoms with Gasteiger partial charge >= 0.3 is 0 Å². The van der Waals surface area contributed by atoms with E-state index in [4.69, 9.17) is 28.4 Å². The maximum atomic E-state index is 15.6. The van der Waals surface area contributed by atoms with Gasteiger partial charge in [0.15, 0.2) is 23.1 Å². The third-order valence-electron chi connectivity index (χ3n) is 8.77. The number of halogens is 1. The van der Waals surface area contributed by atoms with Gasteiger partial charge in [0, 0.05) is 45.5 Å². The lowest BCUT2D eigenvalue weighted by Crippen LogP contribution is -2.45. The van der Waals surface area contributed by atoms with Crippen molar-refractivity contribution in [2.24, 2.45) is 0 Å². The first-order chi connectivity index (χ1) is 24.2. The monoisotopic (exact) mass is 699 g/mol. The number of carbonyl (C=O) groups is 2. The van der Waals surface area contributed by atoms with E-state index >= 15 is 4.39 Å². The Balaban J connectivity index is 1.05. The Morgan fingerprint density at radius 1 is 0.920 bits per heavy atom. The van der Waals surface area contributed by atoms with Gasteiger partial charge in [0.1, 0.15) is 17.9 Å². The Kier molecular flexibility index (Phi) is 12.4. The van der Waals surface area contributed by atoms with Gasteiger partial charge in [-0.1, -0.05) is 0 Å². The van der Waals surface area contributed by atoms with Crippen LogP contribution in [0.5, 0.6) is 23.0 Å². The van der Waals surface area contributed by atoms with Crippen LogP contribution in [0.15, 0.2) is 29.2 Å². The molecule has 0 bridgehead atoms. The van der Waals surface area contributed by atoms with Crippen LogP contribution in [-0.4, -0.2) is 122 Å². The van der Waals surface area contributed by atoms with Crippen LogP contribution in [0.1, 0.15) is 28.9 Å². The van der Waals surface area contributed by atoms with E-state index in [-0.39, 0.29) is 68.9 Å². The number of aromatic nitrogens is 1. The number of ether oxygens (including phenoxy) is 6. The third-order valence-corrected chi connectivity index (χ3v) is 8.77. The van der Waals surface area contributed by atoms with Crippen LogP contribution in [0.2, 0.25) is 0 Å². The van der Waals surface area contributed by atoms with Crippen molar-refractivity contribution in [1.82, 2.24) is 20.1 Å². The normalized spacial score (nSPS) is 15.8. The van der Waals surface area contributed by atoms with Crippen LogP contribution in [0.25, 0.3) is 10.9 Å². The van der Waals surface area contributed by atoms with Crippen LogP contribution in [-0.2, 0) is 20.7 Å². The first-order valence-corrected chi connectivity index (χ1v) is 16.6. The highest BCUT2D eigenvalue weighted by molar-refractivity contribution is 6.00. The average molecular weight is 700 g/mol. The Hall–Kier alpha value is -4.60. The molecule has 2 aliphatic heterocycles. The molecule has 1 saturated heterocycles. The summed E-state index contributed by atoms with van der Waals surface area (Å²) < 4.78 is 50.5. The van der Waals surface area contributed by atoms with E-state index in [1.54, 1.807) is 18.3 Å². The van der Waals surface area contributed by atoms with Crippen molar-refractivity contribution in [3.05, 3.63) is 51.6 Å². The summed E-state index contributed by atoms with van der Waals surface area (Å²) in [5.41, 5.74) is 0.950. The van der Waals surface area contributed by atoms with E-state index in [9.17, 15) is 14.4 Å². The molecule has 3 heterocycles. The second-order valence-corrected chi connectivity index (χ2v) is 12.2. The molecule has 3 aromatic rings. The van der Waals surface area contributed by atoms with E-state index in [1.165, 1.54) is 27.4 Å². The molecule has 5 rings (SSSR count). The minimum atomic E-state index is -0.563. The molecule has 50 heavy (non-hydrogen) atoms. The minimum absolute atomic E-state index is 0.0698. The third kappa shape index (κ3) is 8.22. The van der Waals surface area contributed by atoms with Crippen molar-refractivity contribution < 1.29 is 42.4 Å². The number of piperazine rings is 1. The fraction of sp³-hybridized carbons (Fsp3) is 0.514. The smallest absolute Gasteiger partial charge is 0.256 e. The molecule has 0 saturated carbocycles. The van der Waals surface area contributed by atoms with Crippen LogP contribution in [0.4, 0.5) is 10.1 Å². The van der Waals surface area contributed by atoms with Gasteiger partial charge in [0.25, 0.3) is 5.91 Å². The van der Waals surface area contributed by atoms with Gasteiger partial charge in [-0.3, -0.25) is 14.4 Å². The summed E-state index contributed by atoms with van der Waals surface area (Å²) in [6.07, 6.45) is 1.67. The number of pyridine rings is 1. The number of nitrogens with zero attached hydrogens (tertiary/aromatic N) is 3. The first-order valence-electron chi connectivity index (χ1n) is 16.6. The van der Waals surface area contributed by atoms with E-state index in [0.717, 1.165) is 13.1 Å². The quantitative estimate of drug-likeness (QED) is 0.212. The molecule has 14 nitrogen and oxygen atoms in total. The zero-order valence-corrected chi connectivity index (χ0v) is 29.3. The SMILES string of the molecule is COc1cc(CC(=O)NCCOCCOCCNC(=O)c2cn3c4c(c(N5CCN(C)CC5)c(F)cc4c2=O)OCC3C)cc(OC)c1OC. The zero-order chi connectivity index (χ0) is 35.8. The molecular formula is C35H46FN5O9. The van der Waals surface area contributed by atoms with E-state index in [2.05, 4.69) is 15.5 Å². The highest BCUT2D eigenvalue weighted by Crippen LogP contribution is 2.42. The highest BCUT2D eigenvalue weighted by Gasteiger charge is 2.31. The number of anilines is 1. The number of likely N-dealkylation sites (N-methyl/N-ethyl adjacent to an activating group) is 1. The number of carbonyl (C=O) groups excluding carboxylic acids is 2. The van der Waals surface area contributed by atoms with Crippen molar-refractivity contribution in [2.75, 3.05) is 106 Å². The molecule has 15 heteroatoms. The molecule has 272 valence electrons. The second-order valence-electron chi connectivity index (χ2n) is 12.2. The number of hydrogen-bond acceptors (Lipinski definition) is 11. The second kappa shape index (κ2) is 16.9. The summed E-state index contributed by atoms with van der Waals surface area (Å²) in [5, 5.41) is 5.64. The molecule has 0 spiro atoms. The summed E-state index contributed by atoms with van der Waals surface area (Å²) in [7, 11) is 6.57. The predicted octanol–water partition coefficient (Wildman–Crippen LogP) is 1.99. The number of rotatable bonds is 16. The summed E-state index contributed by atoms with van der Waals surface area (Å²) in [6.45, 7) is 6.59. The highest BCUT2D eigenvalue weighted by atomic mass is 19.1. The van der Waals surface area contributed by atoms with Gasteiger partial charge in [-0.05, 0) is 37.7 Å². The fourth-order valence-corrected chi connectivity index (χ4v) is 6.10. The van der Waals surface area contributed by atoms with Crippen LogP contribution >= 0.6 is 0 Å². The molecule has 2 aliphatic rings. The van der Waals surface area contributed by atoms with Gasteiger partial charge < -0.3 is 53.4 Å². The van der Waals surface area contributed by atoms with E-state index < -0.39 is 17.2 Å². The Morgan fingerprint density at radius 2 is 1.56 bits per heavy atom. The molecule has 1 aromatic heterocycles. The van der Waals surface area contributed by atoms with Gasteiger partial charge in [0.2, 0.25) is 17.1 Å². The lowest BCUT2D eigenvalue weighted by molar-refractivity contribution is -0.120. The average Bonchev–Trinajstić information content (AvgIpc) is 3.11. The van der Waals surface area contributed by atoms with Gasteiger partial charge in [-0.25, -0.2) is 4.39 Å². The van der Waals surface area contributed by atoms with Gasteiger partial charge in [-0.2, -0.15) is 0 Å². The number of benzene rings is 2. The minimum Gasteiger partial charge on any atom is -0.493 e. The van der Waals surface area contributed by atoms with Crippen molar-refractivity contribution in [2.45, 2.75) is 19.4 Å². The Morgan fingerprint density at radius 3 is 2.18 bits per heavy atom. The molecule has 0 aliphatic carbocycles. The van der Waals surface area contributed by atoms with Crippen LogP contribution < -0.4 is 39.9 Å². The first kappa shape index (κ1) is 36.7. The molecule has 1 atom stereocenters. The van der Waals surface area contributed by atoms with Gasteiger partial charge in [0.05, 0.1) is 71.1 Å². The van der Waals surface area contributed by atoms with Crippen molar-refractivity contribution >= 4 is 28.4 Å². The van der Waals surface area contributed by atoms with Crippen LogP contribution in [0.3, 0.4) is 0 Å². The fourth-order valence-electron chi connectivity index (χ4n) is 6.10. The zero-order valence-electron chi connectivity index (χ0n) is 29.3. The molecule has 2 aromatic carbocycles. The number of amides is 2. The van der Waals surface area contributed by atoms with E-state index in [1.807, 2.05) is 23.4 Å². The molecule has 1 unspecified atom stereocenters. The standard InChI is InChI=1S/C35H46FN5O9/c1-22-21-50-34-30-24(19-26(36)31(34)40-10-8-39(2)9-11-40)32(43)25(20-41(22)30)35(44)38-7-13-49-15-14-48-12-6-37-29(42)18-23-16-27(45-3)33(47-5)28(17-23)46-4/h16-17,19-20,22H,6-15,18,21H2,1-5H3,(H,37,42)(H,38,44). The van der Waals surface area contributed by atoms with Crippen molar-refractivity contribution in [3.63, 3.8) is 0 Å². The molecule has 2 amide bonds. The lowest BCUT2D eigenvalue weighted by atomic mass is 10.0. The van der Waals surface area contributed by atoms with E-state index in [0.29, 0.717) is 59.4 Å². The number of methoxy groups -OCH3 is 3. The molecule has 0 radical (unpaired) electrons. The van der Waals surface area contributed by atoms with Crippen LogP contribution in [0, 0.1) is 5.82 Å². The summed E-state index contributed by atoms with van der Waals surface area (Å²) in [4.78, 5) is 43.1. The van der Waals surface area contributed by atoms with Crippen molar-refractivity contribution in [3.8, 4) is 23.0 Å². The number of hydrogen-bond donors (Lipinski definition) is 2. The maximum absolute atomic E-state index is 15.6. The molecule has 1 fully saturated rings. The van der Waals surface area contributed by atoms with Gasteiger partial charge in [-0.15, -0.1) is 0 Å². The largest absolute Gasteiger partial charge is 0.493 e. The summed E-state index contributed by atoms with van der Waals surface area (Å²) in [5.74, 6) is 0.461. The summed E-state index contributed by atoms with van der Waals surface area (Å²) in [6, 6.07) is 4.52.